The molecule has 0 saturated carbocycles. The lowest BCUT2D eigenvalue weighted by molar-refractivity contribution is 0.104. The number of hydrogen-bond donors (Lipinski definition) is 0. The number of aromatic nitrogens is 3. The van der Waals surface area contributed by atoms with E-state index in [1.165, 1.54) is 0 Å². The Balaban J connectivity index is 2.16. The van der Waals surface area contributed by atoms with E-state index in [9.17, 15) is 0 Å². The SMILES string of the molecule is CC(C)COCCCn1cc(CC(C)C)nn1. The topological polar surface area (TPSA) is 39.9 Å². The van der Waals surface area contributed by atoms with Gasteiger partial charge in [0.15, 0.2) is 0 Å². The van der Waals surface area contributed by atoms with Crippen molar-refractivity contribution in [1.82, 2.24) is 15.0 Å². The second-order valence-corrected chi connectivity index (χ2v) is 5.39. The van der Waals surface area contributed by atoms with Gasteiger partial charge in [-0.25, -0.2) is 0 Å². The lowest BCUT2D eigenvalue weighted by Gasteiger charge is -2.06. The third-order valence-electron chi connectivity index (χ3n) is 2.33. The van der Waals surface area contributed by atoms with Crippen molar-refractivity contribution in [2.24, 2.45) is 11.8 Å². The molecule has 0 unspecified atom stereocenters. The zero-order chi connectivity index (χ0) is 12.7. The van der Waals surface area contributed by atoms with Crippen LogP contribution >= 0.6 is 0 Å². The minimum Gasteiger partial charge on any atom is -0.381 e. The number of aryl methyl sites for hydroxylation is 1. The molecule has 4 heteroatoms. The second-order valence-electron chi connectivity index (χ2n) is 5.39. The molecule has 98 valence electrons. The molecule has 0 saturated heterocycles. The molecule has 0 aromatic carbocycles. The van der Waals surface area contributed by atoms with Gasteiger partial charge >= 0.3 is 0 Å². The summed E-state index contributed by atoms with van der Waals surface area (Å²) in [7, 11) is 0. The summed E-state index contributed by atoms with van der Waals surface area (Å²) in [6, 6.07) is 0. The van der Waals surface area contributed by atoms with Crippen LogP contribution in [0.15, 0.2) is 6.20 Å². The zero-order valence-electron chi connectivity index (χ0n) is 11.5. The first-order chi connectivity index (χ1) is 8.08. The zero-order valence-corrected chi connectivity index (χ0v) is 11.5. The standard InChI is InChI=1S/C13H25N3O/c1-11(2)8-13-9-16(15-14-13)6-5-7-17-10-12(3)4/h9,11-12H,5-8,10H2,1-4H3. The van der Waals surface area contributed by atoms with E-state index < -0.39 is 0 Å². The molecule has 17 heavy (non-hydrogen) atoms. The average Bonchev–Trinajstić information content (AvgIpc) is 2.63. The summed E-state index contributed by atoms with van der Waals surface area (Å²) in [6.07, 6.45) is 4.05. The smallest absolute Gasteiger partial charge is 0.0829 e. The number of nitrogens with zero attached hydrogens (tertiary/aromatic N) is 3. The molecule has 4 nitrogen and oxygen atoms in total. The van der Waals surface area contributed by atoms with Gasteiger partial charge in [0, 0.05) is 26.0 Å². The molecular formula is C13H25N3O. The van der Waals surface area contributed by atoms with Gasteiger partial charge in [-0.05, 0) is 24.7 Å². The van der Waals surface area contributed by atoms with Gasteiger partial charge in [-0.2, -0.15) is 0 Å². The van der Waals surface area contributed by atoms with Crippen LogP contribution in [-0.2, 0) is 17.7 Å². The molecule has 1 rings (SSSR count). The summed E-state index contributed by atoms with van der Waals surface area (Å²) >= 11 is 0. The highest BCUT2D eigenvalue weighted by Gasteiger charge is 2.03. The van der Waals surface area contributed by atoms with Crippen molar-refractivity contribution in [3.8, 4) is 0 Å². The fourth-order valence-corrected chi connectivity index (χ4v) is 1.61. The van der Waals surface area contributed by atoms with Crippen LogP contribution in [-0.4, -0.2) is 28.2 Å². The Hall–Kier alpha value is -0.900. The van der Waals surface area contributed by atoms with Gasteiger partial charge in [-0.15, -0.1) is 5.10 Å². The molecule has 1 aromatic heterocycles. The third kappa shape index (κ3) is 6.41. The lowest BCUT2D eigenvalue weighted by atomic mass is 10.1. The summed E-state index contributed by atoms with van der Waals surface area (Å²) < 4.78 is 7.44. The van der Waals surface area contributed by atoms with Crippen LogP contribution in [0.2, 0.25) is 0 Å². The Morgan fingerprint density at radius 2 is 2.00 bits per heavy atom. The van der Waals surface area contributed by atoms with Crippen molar-refractivity contribution in [3.05, 3.63) is 11.9 Å². The van der Waals surface area contributed by atoms with Crippen molar-refractivity contribution in [2.45, 2.75) is 47.1 Å². The molecule has 0 amide bonds. The fourth-order valence-electron chi connectivity index (χ4n) is 1.61. The summed E-state index contributed by atoms with van der Waals surface area (Å²) in [5, 5.41) is 8.27. The van der Waals surface area contributed by atoms with E-state index in [0.29, 0.717) is 11.8 Å². The third-order valence-corrected chi connectivity index (χ3v) is 2.33. The Kier molecular flexibility index (Phi) is 6.19. The van der Waals surface area contributed by atoms with E-state index in [4.69, 9.17) is 4.74 Å². The minimum absolute atomic E-state index is 0.610. The number of hydrogen-bond acceptors (Lipinski definition) is 3. The van der Waals surface area contributed by atoms with Crippen LogP contribution in [0.1, 0.15) is 39.8 Å². The van der Waals surface area contributed by atoms with Crippen LogP contribution in [0.3, 0.4) is 0 Å². The molecule has 0 spiro atoms. The van der Waals surface area contributed by atoms with Gasteiger partial charge < -0.3 is 4.74 Å². The first-order valence-electron chi connectivity index (χ1n) is 6.54. The van der Waals surface area contributed by atoms with Crippen LogP contribution in [0.5, 0.6) is 0 Å². The van der Waals surface area contributed by atoms with Crippen LogP contribution < -0.4 is 0 Å². The molecule has 0 bridgehead atoms. The van der Waals surface area contributed by atoms with E-state index in [-0.39, 0.29) is 0 Å². The molecule has 0 aliphatic heterocycles. The predicted octanol–water partition coefficient (Wildman–Crippen LogP) is 2.54. The maximum absolute atomic E-state index is 5.53. The van der Waals surface area contributed by atoms with E-state index in [1.807, 2.05) is 10.9 Å². The van der Waals surface area contributed by atoms with Crippen LogP contribution in [0.4, 0.5) is 0 Å². The average molecular weight is 239 g/mol. The predicted molar refractivity (Wildman–Crippen MR) is 68.8 cm³/mol. The Morgan fingerprint density at radius 3 is 2.65 bits per heavy atom. The Bertz CT molecular complexity index is 307. The maximum Gasteiger partial charge on any atom is 0.0829 e. The first kappa shape index (κ1) is 14.2. The molecule has 0 N–H and O–H groups in total. The molecule has 0 atom stereocenters. The lowest BCUT2D eigenvalue weighted by Crippen LogP contribution is -2.06. The summed E-state index contributed by atoms with van der Waals surface area (Å²) in [4.78, 5) is 0. The largest absolute Gasteiger partial charge is 0.381 e. The quantitative estimate of drug-likeness (QED) is 0.654. The van der Waals surface area contributed by atoms with Crippen molar-refractivity contribution in [1.29, 1.82) is 0 Å². The minimum atomic E-state index is 0.610. The molecule has 1 heterocycles. The fraction of sp³-hybridized carbons (Fsp3) is 0.846. The van der Waals surface area contributed by atoms with Gasteiger partial charge in [0.1, 0.15) is 0 Å². The van der Waals surface area contributed by atoms with E-state index in [0.717, 1.165) is 38.3 Å². The summed E-state index contributed by atoms with van der Waals surface area (Å²) in [5.74, 6) is 1.24. The number of rotatable bonds is 8. The molecule has 1 aromatic rings. The highest BCUT2D eigenvalue weighted by molar-refractivity contribution is 4.92. The van der Waals surface area contributed by atoms with E-state index in [1.54, 1.807) is 0 Å². The van der Waals surface area contributed by atoms with Gasteiger partial charge in [-0.1, -0.05) is 32.9 Å². The van der Waals surface area contributed by atoms with Crippen molar-refractivity contribution >= 4 is 0 Å². The van der Waals surface area contributed by atoms with E-state index in [2.05, 4.69) is 38.0 Å². The summed E-state index contributed by atoms with van der Waals surface area (Å²) in [6.45, 7) is 11.2. The van der Waals surface area contributed by atoms with Gasteiger partial charge in [-0.3, -0.25) is 4.68 Å². The van der Waals surface area contributed by atoms with Crippen molar-refractivity contribution in [3.63, 3.8) is 0 Å². The molecular weight excluding hydrogens is 214 g/mol. The Labute approximate surface area is 104 Å². The van der Waals surface area contributed by atoms with Crippen molar-refractivity contribution < 1.29 is 4.74 Å². The molecule has 0 radical (unpaired) electrons. The normalized spacial score (nSPS) is 11.6. The van der Waals surface area contributed by atoms with Crippen molar-refractivity contribution in [2.75, 3.05) is 13.2 Å². The van der Waals surface area contributed by atoms with E-state index >= 15 is 0 Å². The van der Waals surface area contributed by atoms with Crippen LogP contribution in [0, 0.1) is 11.8 Å². The summed E-state index contributed by atoms with van der Waals surface area (Å²) in [5.41, 5.74) is 1.09. The van der Waals surface area contributed by atoms with Crippen LogP contribution in [0.25, 0.3) is 0 Å². The van der Waals surface area contributed by atoms with Gasteiger partial charge in [0.25, 0.3) is 0 Å². The van der Waals surface area contributed by atoms with Gasteiger partial charge in [0.2, 0.25) is 0 Å². The number of ether oxygens (including phenoxy) is 1. The Morgan fingerprint density at radius 1 is 1.24 bits per heavy atom. The highest BCUT2D eigenvalue weighted by atomic mass is 16.5. The molecule has 0 aliphatic rings. The van der Waals surface area contributed by atoms with Gasteiger partial charge in [0.05, 0.1) is 5.69 Å². The molecule has 0 fully saturated rings. The monoisotopic (exact) mass is 239 g/mol. The maximum atomic E-state index is 5.53. The second kappa shape index (κ2) is 7.43. The highest BCUT2D eigenvalue weighted by Crippen LogP contribution is 2.04. The molecule has 0 aliphatic carbocycles. The first-order valence-corrected chi connectivity index (χ1v) is 6.54.